The van der Waals surface area contributed by atoms with Crippen LogP contribution in [0.1, 0.15) is 48.8 Å². The SMILES string of the molecule is CC(C(=O)C1CC1)C(C)c1nc2cccc(-c3ccc(C(=O)Nc4ccccc4)cc3)n2n1. The maximum absolute atomic E-state index is 12.6. The minimum atomic E-state index is -0.155. The van der Waals surface area contributed by atoms with Crippen LogP contribution in [0.4, 0.5) is 5.69 Å². The Labute approximate surface area is 192 Å². The zero-order valence-corrected chi connectivity index (χ0v) is 18.7. The molecule has 1 amide bonds. The molecule has 166 valence electrons. The number of amides is 1. The summed E-state index contributed by atoms with van der Waals surface area (Å²) in [5.41, 5.74) is 3.90. The monoisotopic (exact) mass is 438 g/mol. The maximum atomic E-state index is 12.6. The van der Waals surface area contributed by atoms with Gasteiger partial charge in [-0.25, -0.2) is 9.50 Å². The van der Waals surface area contributed by atoms with Crippen LogP contribution < -0.4 is 5.32 Å². The summed E-state index contributed by atoms with van der Waals surface area (Å²) >= 11 is 0. The van der Waals surface area contributed by atoms with Crippen molar-refractivity contribution >= 4 is 23.0 Å². The van der Waals surface area contributed by atoms with E-state index in [1.54, 1.807) is 0 Å². The summed E-state index contributed by atoms with van der Waals surface area (Å²) in [6, 6.07) is 22.7. The van der Waals surface area contributed by atoms with Gasteiger partial charge in [-0.1, -0.05) is 50.2 Å². The molecule has 0 aliphatic heterocycles. The Morgan fingerprint density at radius 2 is 1.67 bits per heavy atom. The number of para-hydroxylation sites is 1. The third kappa shape index (κ3) is 4.29. The number of anilines is 1. The molecule has 0 radical (unpaired) electrons. The first kappa shape index (κ1) is 21.1. The lowest BCUT2D eigenvalue weighted by atomic mass is 9.89. The molecule has 1 saturated carbocycles. The van der Waals surface area contributed by atoms with Crippen molar-refractivity contribution in [3.8, 4) is 11.3 Å². The lowest BCUT2D eigenvalue weighted by Gasteiger charge is -2.15. The molecule has 6 nitrogen and oxygen atoms in total. The fraction of sp³-hybridized carbons (Fsp3) is 0.259. The Balaban J connectivity index is 1.39. The van der Waals surface area contributed by atoms with Crippen molar-refractivity contribution in [2.45, 2.75) is 32.6 Å². The summed E-state index contributed by atoms with van der Waals surface area (Å²) in [6.07, 6.45) is 2.02. The maximum Gasteiger partial charge on any atom is 0.255 e. The number of benzene rings is 2. The molecule has 2 heterocycles. The molecule has 0 saturated heterocycles. The van der Waals surface area contributed by atoms with Crippen molar-refractivity contribution in [1.82, 2.24) is 14.6 Å². The van der Waals surface area contributed by atoms with E-state index in [2.05, 4.69) is 5.32 Å². The Hall–Kier alpha value is -3.80. The number of rotatable bonds is 7. The van der Waals surface area contributed by atoms with E-state index in [1.165, 1.54) is 0 Å². The number of hydrogen-bond donors (Lipinski definition) is 1. The molecule has 0 spiro atoms. The zero-order chi connectivity index (χ0) is 22.9. The molecule has 1 aliphatic rings. The van der Waals surface area contributed by atoms with Crippen LogP contribution in [0.2, 0.25) is 0 Å². The normalized spacial score (nSPS) is 15.2. The van der Waals surface area contributed by atoms with E-state index in [0.717, 1.165) is 35.4 Å². The van der Waals surface area contributed by atoms with Crippen LogP contribution in [0.25, 0.3) is 16.9 Å². The van der Waals surface area contributed by atoms with E-state index >= 15 is 0 Å². The molecule has 4 aromatic rings. The predicted molar refractivity (Wildman–Crippen MR) is 128 cm³/mol. The van der Waals surface area contributed by atoms with E-state index in [4.69, 9.17) is 10.1 Å². The van der Waals surface area contributed by atoms with Crippen molar-refractivity contribution in [3.05, 3.63) is 84.2 Å². The summed E-state index contributed by atoms with van der Waals surface area (Å²) in [5, 5.41) is 7.66. The number of carbonyl (C=O) groups is 2. The van der Waals surface area contributed by atoms with E-state index in [1.807, 2.05) is 91.2 Å². The molecular formula is C27H26N4O2. The predicted octanol–water partition coefficient (Wildman–Crippen LogP) is 5.37. The number of hydrogen-bond acceptors (Lipinski definition) is 4. The first-order valence-electron chi connectivity index (χ1n) is 11.4. The highest BCUT2D eigenvalue weighted by atomic mass is 16.1. The van der Waals surface area contributed by atoms with Crippen molar-refractivity contribution in [2.24, 2.45) is 11.8 Å². The van der Waals surface area contributed by atoms with Crippen molar-refractivity contribution < 1.29 is 9.59 Å². The highest BCUT2D eigenvalue weighted by Gasteiger charge is 2.36. The first-order valence-corrected chi connectivity index (χ1v) is 11.4. The highest BCUT2D eigenvalue weighted by Crippen LogP contribution is 2.36. The Bertz CT molecular complexity index is 1310. The number of Topliss-reactive ketones (excluding diaryl/α,β-unsaturated/α-hetero) is 1. The number of pyridine rings is 1. The molecule has 2 aromatic carbocycles. The summed E-state index contributed by atoms with van der Waals surface area (Å²) in [7, 11) is 0. The van der Waals surface area contributed by atoms with Crippen LogP contribution in [0.5, 0.6) is 0 Å². The summed E-state index contributed by atoms with van der Waals surface area (Å²) < 4.78 is 1.82. The number of aromatic nitrogens is 3. The van der Waals surface area contributed by atoms with Crippen LogP contribution >= 0.6 is 0 Å². The molecule has 0 bridgehead atoms. The number of nitrogens with zero attached hydrogens (tertiary/aromatic N) is 3. The van der Waals surface area contributed by atoms with E-state index in [0.29, 0.717) is 17.2 Å². The number of ketones is 1. The minimum Gasteiger partial charge on any atom is -0.322 e. The molecular weight excluding hydrogens is 412 g/mol. The Morgan fingerprint density at radius 1 is 0.939 bits per heavy atom. The molecule has 6 heteroatoms. The van der Waals surface area contributed by atoms with Gasteiger partial charge in [-0.2, -0.15) is 5.10 Å². The molecule has 1 aliphatic carbocycles. The summed E-state index contributed by atoms with van der Waals surface area (Å²) in [6.45, 7) is 4.01. The van der Waals surface area contributed by atoms with Crippen LogP contribution in [0.15, 0.2) is 72.8 Å². The second-order valence-corrected chi connectivity index (χ2v) is 8.80. The van der Waals surface area contributed by atoms with Crippen LogP contribution in [0, 0.1) is 11.8 Å². The highest BCUT2D eigenvalue weighted by molar-refractivity contribution is 6.04. The van der Waals surface area contributed by atoms with Gasteiger partial charge in [0.1, 0.15) is 5.78 Å². The molecule has 1 N–H and O–H groups in total. The van der Waals surface area contributed by atoms with E-state index in [-0.39, 0.29) is 23.7 Å². The number of fused-ring (bicyclic) bond motifs is 1. The fourth-order valence-electron chi connectivity index (χ4n) is 4.06. The molecule has 1 fully saturated rings. The van der Waals surface area contributed by atoms with E-state index < -0.39 is 0 Å². The Kier molecular flexibility index (Phi) is 5.50. The molecule has 2 unspecified atom stereocenters. The fourth-order valence-corrected chi connectivity index (χ4v) is 4.06. The van der Waals surface area contributed by atoms with Gasteiger partial charge in [-0.3, -0.25) is 9.59 Å². The Morgan fingerprint density at radius 3 is 2.36 bits per heavy atom. The van der Waals surface area contributed by atoms with Gasteiger partial charge in [0.2, 0.25) is 0 Å². The van der Waals surface area contributed by atoms with Crippen molar-refractivity contribution in [2.75, 3.05) is 5.32 Å². The number of nitrogens with one attached hydrogen (secondary N) is 1. The van der Waals surface area contributed by atoms with Gasteiger partial charge in [-0.15, -0.1) is 0 Å². The summed E-state index contributed by atoms with van der Waals surface area (Å²) in [5.74, 6) is 0.939. The largest absolute Gasteiger partial charge is 0.322 e. The van der Waals surface area contributed by atoms with Crippen LogP contribution in [-0.2, 0) is 4.79 Å². The minimum absolute atomic E-state index is 0.0464. The van der Waals surface area contributed by atoms with Gasteiger partial charge in [0, 0.05) is 34.6 Å². The average molecular weight is 439 g/mol. The summed E-state index contributed by atoms with van der Waals surface area (Å²) in [4.78, 5) is 29.8. The lowest BCUT2D eigenvalue weighted by molar-refractivity contribution is -0.124. The van der Waals surface area contributed by atoms with Gasteiger partial charge in [0.25, 0.3) is 5.91 Å². The standard InChI is InChI=1S/C27H26N4O2/c1-17(25(32)20-13-14-20)18(2)26-29-24-10-6-9-23(31(24)30-26)19-11-15-21(16-12-19)27(33)28-22-7-4-3-5-8-22/h3-12,15-18,20H,13-14H2,1-2H3,(H,28,33). The smallest absolute Gasteiger partial charge is 0.255 e. The van der Waals surface area contributed by atoms with Crippen LogP contribution in [0.3, 0.4) is 0 Å². The van der Waals surface area contributed by atoms with Crippen molar-refractivity contribution in [1.29, 1.82) is 0 Å². The third-order valence-corrected chi connectivity index (χ3v) is 6.44. The second-order valence-electron chi connectivity index (χ2n) is 8.80. The molecule has 2 atom stereocenters. The number of carbonyl (C=O) groups excluding carboxylic acids is 2. The van der Waals surface area contributed by atoms with Gasteiger partial charge >= 0.3 is 0 Å². The quantitative estimate of drug-likeness (QED) is 0.421. The molecule has 33 heavy (non-hydrogen) atoms. The third-order valence-electron chi connectivity index (χ3n) is 6.44. The van der Waals surface area contributed by atoms with Crippen LogP contribution in [-0.4, -0.2) is 26.3 Å². The lowest BCUT2D eigenvalue weighted by Crippen LogP contribution is -2.20. The van der Waals surface area contributed by atoms with E-state index in [9.17, 15) is 9.59 Å². The molecule has 5 rings (SSSR count). The molecule has 2 aromatic heterocycles. The topological polar surface area (TPSA) is 76.4 Å². The van der Waals surface area contributed by atoms with Gasteiger partial charge in [-0.05, 0) is 49.2 Å². The van der Waals surface area contributed by atoms with Gasteiger partial charge in [0.15, 0.2) is 11.5 Å². The average Bonchev–Trinajstić information content (AvgIpc) is 3.61. The van der Waals surface area contributed by atoms with Gasteiger partial charge < -0.3 is 5.32 Å². The second kappa shape index (κ2) is 8.62. The first-order chi connectivity index (χ1) is 16.0. The van der Waals surface area contributed by atoms with Gasteiger partial charge in [0.05, 0.1) is 5.69 Å². The van der Waals surface area contributed by atoms with Crippen molar-refractivity contribution in [3.63, 3.8) is 0 Å². The zero-order valence-electron chi connectivity index (χ0n) is 18.7.